The number of rotatable bonds is 0. The summed E-state index contributed by atoms with van der Waals surface area (Å²) in [5.74, 6) is 0. The molecule has 0 aliphatic carbocycles. The summed E-state index contributed by atoms with van der Waals surface area (Å²) in [5.41, 5.74) is -0.500. The van der Waals surface area contributed by atoms with E-state index in [9.17, 15) is 13.5 Å². The molecule has 3 aliphatic rings. The van der Waals surface area contributed by atoms with Gasteiger partial charge >= 0.3 is 0 Å². The van der Waals surface area contributed by atoms with Gasteiger partial charge in [0.15, 0.2) is 0 Å². The van der Waals surface area contributed by atoms with Crippen LogP contribution in [-0.2, 0) is 14.8 Å². The minimum absolute atomic E-state index is 0.290. The summed E-state index contributed by atoms with van der Waals surface area (Å²) in [6.07, 6.45) is -0.846. The average molecular weight is 247 g/mol. The molecule has 0 spiro atoms. The van der Waals surface area contributed by atoms with E-state index in [1.54, 1.807) is 0 Å². The number of hydrogen-bond donors (Lipinski definition) is 1. The van der Waals surface area contributed by atoms with E-state index in [2.05, 4.69) is 0 Å². The summed E-state index contributed by atoms with van der Waals surface area (Å²) in [6, 6.07) is -0.381. The number of fused-ring (bicyclic) bond motifs is 1. The van der Waals surface area contributed by atoms with Crippen molar-refractivity contribution in [1.29, 1.82) is 0 Å². The van der Waals surface area contributed by atoms with E-state index < -0.39 is 26.9 Å². The molecule has 0 aromatic carbocycles. The molecule has 6 heteroatoms. The van der Waals surface area contributed by atoms with Crippen LogP contribution in [-0.4, -0.2) is 53.0 Å². The van der Waals surface area contributed by atoms with Crippen molar-refractivity contribution < 1.29 is 18.3 Å². The smallest absolute Gasteiger partial charge is 0.220 e. The molecular formula is C10H17NO4S. The van der Waals surface area contributed by atoms with Crippen LogP contribution in [0.5, 0.6) is 0 Å². The first-order valence-electron chi connectivity index (χ1n) is 5.61. The van der Waals surface area contributed by atoms with Gasteiger partial charge in [0, 0.05) is 5.54 Å². The van der Waals surface area contributed by atoms with Gasteiger partial charge in [0.05, 0.1) is 24.4 Å². The monoisotopic (exact) mass is 247 g/mol. The van der Waals surface area contributed by atoms with Crippen LogP contribution in [0, 0.1) is 0 Å². The van der Waals surface area contributed by atoms with Crippen LogP contribution in [0.2, 0.25) is 0 Å². The molecule has 0 aromatic heterocycles. The van der Waals surface area contributed by atoms with Crippen molar-refractivity contribution in [1.82, 2.24) is 4.31 Å². The maximum Gasteiger partial charge on any atom is 0.220 e. The summed E-state index contributed by atoms with van der Waals surface area (Å²) >= 11 is 0. The lowest BCUT2D eigenvalue weighted by Gasteiger charge is -2.35. The number of aliphatic hydroxyl groups is 1. The van der Waals surface area contributed by atoms with Crippen LogP contribution < -0.4 is 0 Å². The van der Waals surface area contributed by atoms with Gasteiger partial charge in [0.1, 0.15) is 5.25 Å². The van der Waals surface area contributed by atoms with Gasteiger partial charge in [-0.15, -0.1) is 0 Å². The topological polar surface area (TPSA) is 66.8 Å². The Bertz CT molecular complexity index is 427. The molecule has 16 heavy (non-hydrogen) atoms. The Balaban J connectivity index is 2.13. The minimum atomic E-state index is -3.31. The Morgan fingerprint density at radius 1 is 1.38 bits per heavy atom. The maximum absolute atomic E-state index is 12.3. The summed E-state index contributed by atoms with van der Waals surface area (Å²) in [4.78, 5) is 0. The Labute approximate surface area is 95.4 Å². The largest absolute Gasteiger partial charge is 0.389 e. The van der Waals surface area contributed by atoms with Crippen LogP contribution in [0.4, 0.5) is 0 Å². The zero-order valence-electron chi connectivity index (χ0n) is 9.62. The van der Waals surface area contributed by atoms with E-state index in [0.717, 1.165) is 0 Å². The Morgan fingerprint density at radius 3 is 2.50 bits per heavy atom. The molecule has 3 aliphatic heterocycles. The SMILES string of the molecule is CC(C)(C)N1C2C(O)C3CC(C2O3)S1(=O)=O. The van der Waals surface area contributed by atoms with Gasteiger partial charge in [-0.2, -0.15) is 4.31 Å². The van der Waals surface area contributed by atoms with Crippen molar-refractivity contribution in [3.63, 3.8) is 0 Å². The highest BCUT2D eigenvalue weighted by Gasteiger charge is 2.69. The average Bonchev–Trinajstić information content (AvgIpc) is 2.66. The fourth-order valence-electron chi connectivity index (χ4n) is 3.35. The first kappa shape index (κ1) is 11.0. The van der Waals surface area contributed by atoms with Gasteiger partial charge in [-0.1, -0.05) is 0 Å². The number of nitrogens with zero attached hydrogens (tertiary/aromatic N) is 1. The van der Waals surface area contributed by atoms with Crippen LogP contribution in [0.15, 0.2) is 0 Å². The van der Waals surface area contributed by atoms with Crippen molar-refractivity contribution in [2.45, 2.75) is 62.3 Å². The van der Waals surface area contributed by atoms with E-state index in [1.807, 2.05) is 20.8 Å². The molecule has 1 N–H and O–H groups in total. The predicted molar refractivity (Wildman–Crippen MR) is 57.4 cm³/mol. The number of ether oxygens (including phenoxy) is 1. The van der Waals surface area contributed by atoms with E-state index in [1.165, 1.54) is 4.31 Å². The van der Waals surface area contributed by atoms with Crippen molar-refractivity contribution in [3.05, 3.63) is 0 Å². The fraction of sp³-hybridized carbons (Fsp3) is 1.00. The van der Waals surface area contributed by atoms with Gasteiger partial charge < -0.3 is 9.84 Å². The zero-order chi connectivity index (χ0) is 11.9. The molecule has 5 nitrogen and oxygen atoms in total. The predicted octanol–water partition coefficient (Wildman–Crippen LogP) is -0.300. The van der Waals surface area contributed by atoms with E-state index in [-0.39, 0.29) is 18.2 Å². The molecule has 5 atom stereocenters. The summed E-state index contributed by atoms with van der Waals surface area (Å²) in [6.45, 7) is 5.57. The Hall–Kier alpha value is -0.170. The normalized spacial score (nSPS) is 50.1. The second-order valence-electron chi connectivity index (χ2n) is 5.91. The van der Waals surface area contributed by atoms with Gasteiger partial charge in [-0.25, -0.2) is 8.42 Å². The summed E-state index contributed by atoms with van der Waals surface area (Å²) < 4.78 is 31.7. The van der Waals surface area contributed by atoms with Crippen molar-refractivity contribution >= 4 is 10.0 Å². The lowest BCUT2D eigenvalue weighted by Crippen LogP contribution is -2.52. The van der Waals surface area contributed by atoms with E-state index in [0.29, 0.717) is 6.42 Å². The lowest BCUT2D eigenvalue weighted by atomic mass is 9.90. The Morgan fingerprint density at radius 2 is 2.00 bits per heavy atom. The van der Waals surface area contributed by atoms with Crippen molar-refractivity contribution in [3.8, 4) is 0 Å². The van der Waals surface area contributed by atoms with Gasteiger partial charge in [0.25, 0.3) is 0 Å². The second-order valence-corrected chi connectivity index (χ2v) is 7.93. The molecule has 3 saturated heterocycles. The van der Waals surface area contributed by atoms with Gasteiger partial charge in [-0.3, -0.25) is 0 Å². The molecule has 3 fully saturated rings. The van der Waals surface area contributed by atoms with E-state index in [4.69, 9.17) is 4.74 Å². The third-order valence-corrected chi connectivity index (χ3v) is 6.38. The summed E-state index contributed by atoms with van der Waals surface area (Å²) in [5, 5.41) is 9.60. The minimum Gasteiger partial charge on any atom is -0.389 e. The zero-order valence-corrected chi connectivity index (χ0v) is 10.4. The first-order valence-corrected chi connectivity index (χ1v) is 7.12. The van der Waals surface area contributed by atoms with Gasteiger partial charge in [-0.05, 0) is 27.2 Å². The Kier molecular flexibility index (Phi) is 1.92. The number of aliphatic hydroxyl groups excluding tert-OH is 1. The molecule has 5 unspecified atom stereocenters. The van der Waals surface area contributed by atoms with E-state index >= 15 is 0 Å². The molecule has 3 heterocycles. The third-order valence-electron chi connectivity index (χ3n) is 3.82. The highest BCUT2D eigenvalue weighted by Crippen LogP contribution is 2.50. The number of sulfonamides is 1. The van der Waals surface area contributed by atoms with Gasteiger partial charge in [0.2, 0.25) is 10.0 Å². The molecule has 0 aromatic rings. The van der Waals surface area contributed by atoms with Crippen LogP contribution in [0.25, 0.3) is 0 Å². The van der Waals surface area contributed by atoms with Crippen LogP contribution >= 0.6 is 0 Å². The molecule has 0 saturated carbocycles. The molecule has 3 rings (SSSR count). The molecular weight excluding hydrogens is 230 g/mol. The second kappa shape index (κ2) is 2.80. The highest BCUT2D eigenvalue weighted by atomic mass is 32.2. The molecule has 0 radical (unpaired) electrons. The molecule has 92 valence electrons. The molecule has 0 amide bonds. The number of hydrogen-bond acceptors (Lipinski definition) is 4. The lowest BCUT2D eigenvalue weighted by molar-refractivity contribution is 0.0448. The maximum atomic E-state index is 12.3. The third kappa shape index (κ3) is 1.08. The standard InChI is InChI=1S/C10H17NO4S/c1-10(2,3)11-7-8(12)5-4-6(9(7)15-5)16(11,13)14/h5-9,12H,4H2,1-3H3. The van der Waals surface area contributed by atoms with Crippen molar-refractivity contribution in [2.24, 2.45) is 0 Å². The van der Waals surface area contributed by atoms with Crippen LogP contribution in [0.3, 0.4) is 0 Å². The quantitative estimate of drug-likeness (QED) is 0.638. The highest BCUT2D eigenvalue weighted by molar-refractivity contribution is 7.90. The summed E-state index contributed by atoms with van der Waals surface area (Å²) in [7, 11) is -3.31. The first-order chi connectivity index (χ1) is 7.24. The van der Waals surface area contributed by atoms with Crippen LogP contribution in [0.1, 0.15) is 27.2 Å². The fourth-order valence-corrected chi connectivity index (χ4v) is 5.99. The molecule has 2 bridgehead atoms. The van der Waals surface area contributed by atoms with Crippen molar-refractivity contribution in [2.75, 3.05) is 0 Å².